The maximum Gasteiger partial charge on any atom is 0.223 e. The summed E-state index contributed by atoms with van der Waals surface area (Å²) < 4.78 is 5.11. The van der Waals surface area contributed by atoms with Crippen molar-refractivity contribution in [2.24, 2.45) is 0 Å². The van der Waals surface area contributed by atoms with Crippen molar-refractivity contribution in [3.8, 4) is 0 Å². The average molecular weight is 264 g/mol. The summed E-state index contributed by atoms with van der Waals surface area (Å²) in [6.45, 7) is 2.06. The highest BCUT2D eigenvalue weighted by atomic mass is 16.3. The quantitative estimate of drug-likeness (QED) is 0.880. The van der Waals surface area contributed by atoms with E-state index < -0.39 is 0 Å². The topological polar surface area (TPSA) is 62.6 Å². The third-order valence-corrected chi connectivity index (χ3v) is 3.31. The highest BCUT2D eigenvalue weighted by Crippen LogP contribution is 2.10. The second-order valence-corrected chi connectivity index (χ2v) is 4.80. The van der Waals surface area contributed by atoms with Crippen LogP contribution < -0.4 is 5.32 Å². The molecule has 0 saturated carbocycles. The summed E-state index contributed by atoms with van der Waals surface area (Å²) in [6.07, 6.45) is 5.47. The number of rotatable bonds is 5. The van der Waals surface area contributed by atoms with Crippen LogP contribution in [-0.4, -0.2) is 29.8 Å². The molecule has 0 unspecified atom stereocenters. The maximum atomic E-state index is 11.9. The number of carbonyl (C=O) groups is 2. The molecule has 1 saturated heterocycles. The van der Waals surface area contributed by atoms with Gasteiger partial charge in [-0.1, -0.05) is 0 Å². The lowest BCUT2D eigenvalue weighted by atomic mass is 10.1. The van der Waals surface area contributed by atoms with Gasteiger partial charge in [0.1, 0.15) is 5.76 Å². The Morgan fingerprint density at radius 2 is 2.00 bits per heavy atom. The number of piperidine rings is 1. The number of nitrogens with one attached hydrogen (secondary N) is 1. The number of nitrogens with zero attached hydrogens (tertiary/aromatic N) is 1. The summed E-state index contributed by atoms with van der Waals surface area (Å²) in [6, 6.07) is 3.58. The van der Waals surface area contributed by atoms with Gasteiger partial charge in [0.2, 0.25) is 11.8 Å². The van der Waals surface area contributed by atoms with E-state index in [1.807, 2.05) is 4.90 Å². The molecule has 2 heterocycles. The molecule has 0 radical (unpaired) electrons. The molecule has 0 bridgehead atoms. The molecule has 104 valence electrons. The van der Waals surface area contributed by atoms with Crippen molar-refractivity contribution in [2.45, 2.75) is 38.6 Å². The van der Waals surface area contributed by atoms with Gasteiger partial charge < -0.3 is 14.6 Å². The van der Waals surface area contributed by atoms with Gasteiger partial charge in [0.15, 0.2) is 0 Å². The Morgan fingerprint density at radius 1 is 1.21 bits per heavy atom. The van der Waals surface area contributed by atoms with Gasteiger partial charge in [-0.3, -0.25) is 9.59 Å². The molecule has 0 atom stereocenters. The molecular weight excluding hydrogens is 244 g/mol. The zero-order valence-electron chi connectivity index (χ0n) is 11.1. The van der Waals surface area contributed by atoms with Crippen molar-refractivity contribution < 1.29 is 14.0 Å². The van der Waals surface area contributed by atoms with E-state index in [1.165, 1.54) is 6.42 Å². The van der Waals surface area contributed by atoms with Crippen LogP contribution in [0.1, 0.15) is 37.9 Å². The minimum absolute atomic E-state index is 0.0906. The summed E-state index contributed by atoms with van der Waals surface area (Å²) in [5, 5.41) is 2.74. The fraction of sp³-hybridized carbons (Fsp3) is 0.571. The lowest BCUT2D eigenvalue weighted by Gasteiger charge is -2.26. The summed E-state index contributed by atoms with van der Waals surface area (Å²) in [5.41, 5.74) is 0. The maximum absolute atomic E-state index is 11.9. The Labute approximate surface area is 113 Å². The zero-order chi connectivity index (χ0) is 13.5. The molecule has 1 N–H and O–H groups in total. The van der Waals surface area contributed by atoms with E-state index in [0.29, 0.717) is 13.0 Å². The minimum Gasteiger partial charge on any atom is -0.467 e. The Balaban J connectivity index is 1.64. The van der Waals surface area contributed by atoms with Crippen LogP contribution in [0.4, 0.5) is 0 Å². The lowest BCUT2D eigenvalue weighted by molar-refractivity contribution is -0.134. The molecule has 2 rings (SSSR count). The van der Waals surface area contributed by atoms with Crippen LogP contribution in [0.5, 0.6) is 0 Å². The summed E-state index contributed by atoms with van der Waals surface area (Å²) in [7, 11) is 0. The fourth-order valence-electron chi connectivity index (χ4n) is 2.21. The predicted molar refractivity (Wildman–Crippen MR) is 70.2 cm³/mol. The van der Waals surface area contributed by atoms with E-state index in [0.717, 1.165) is 31.7 Å². The molecule has 1 fully saturated rings. The van der Waals surface area contributed by atoms with Crippen LogP contribution >= 0.6 is 0 Å². The SMILES string of the molecule is O=C(CCC(=O)N1CCCCC1)NCc1ccco1. The Hall–Kier alpha value is -1.78. The number of furan rings is 1. The van der Waals surface area contributed by atoms with Crippen LogP contribution in [0.3, 0.4) is 0 Å². The van der Waals surface area contributed by atoms with Crippen LogP contribution in [0.2, 0.25) is 0 Å². The molecule has 5 nitrogen and oxygen atoms in total. The highest BCUT2D eigenvalue weighted by Gasteiger charge is 2.17. The number of hydrogen-bond donors (Lipinski definition) is 1. The Bertz CT molecular complexity index is 408. The van der Waals surface area contributed by atoms with Crippen LogP contribution in [-0.2, 0) is 16.1 Å². The van der Waals surface area contributed by atoms with Crippen molar-refractivity contribution >= 4 is 11.8 Å². The van der Waals surface area contributed by atoms with Gasteiger partial charge in [-0.05, 0) is 31.4 Å². The molecule has 5 heteroatoms. The summed E-state index contributed by atoms with van der Waals surface area (Å²) in [4.78, 5) is 25.3. The van der Waals surface area contributed by atoms with E-state index in [2.05, 4.69) is 5.32 Å². The first-order chi connectivity index (χ1) is 9.25. The number of amides is 2. The van der Waals surface area contributed by atoms with Crippen molar-refractivity contribution in [3.05, 3.63) is 24.2 Å². The van der Waals surface area contributed by atoms with Crippen molar-refractivity contribution in [1.29, 1.82) is 0 Å². The molecule has 19 heavy (non-hydrogen) atoms. The Kier molecular flexibility index (Phi) is 5.01. The molecule has 1 aliphatic heterocycles. The van der Waals surface area contributed by atoms with Crippen molar-refractivity contribution in [2.75, 3.05) is 13.1 Å². The predicted octanol–water partition coefficient (Wildman–Crippen LogP) is 1.69. The van der Waals surface area contributed by atoms with Gasteiger partial charge in [0.25, 0.3) is 0 Å². The average Bonchev–Trinajstić information content (AvgIpc) is 2.96. The first kappa shape index (κ1) is 13.6. The standard InChI is InChI=1S/C14H20N2O3/c17-13(15-11-12-5-4-10-19-12)6-7-14(18)16-8-2-1-3-9-16/h4-5,10H,1-3,6-9,11H2,(H,15,17). The highest BCUT2D eigenvalue weighted by molar-refractivity contribution is 5.83. The molecular formula is C14H20N2O3. The second-order valence-electron chi connectivity index (χ2n) is 4.80. The van der Waals surface area contributed by atoms with Crippen LogP contribution in [0.25, 0.3) is 0 Å². The largest absolute Gasteiger partial charge is 0.467 e. The molecule has 0 aliphatic carbocycles. The molecule has 2 amide bonds. The monoisotopic (exact) mass is 264 g/mol. The van der Waals surface area contributed by atoms with Gasteiger partial charge in [-0.25, -0.2) is 0 Å². The number of hydrogen-bond acceptors (Lipinski definition) is 3. The normalized spacial score (nSPS) is 15.3. The first-order valence-electron chi connectivity index (χ1n) is 6.82. The molecule has 0 spiro atoms. The minimum atomic E-state index is -0.109. The summed E-state index contributed by atoms with van der Waals surface area (Å²) >= 11 is 0. The van der Waals surface area contributed by atoms with E-state index in [4.69, 9.17) is 4.42 Å². The van der Waals surface area contributed by atoms with E-state index >= 15 is 0 Å². The smallest absolute Gasteiger partial charge is 0.223 e. The van der Waals surface area contributed by atoms with Gasteiger partial charge >= 0.3 is 0 Å². The van der Waals surface area contributed by atoms with E-state index in [1.54, 1.807) is 18.4 Å². The second kappa shape index (κ2) is 6.97. The van der Waals surface area contributed by atoms with Gasteiger partial charge in [0.05, 0.1) is 12.8 Å². The number of carbonyl (C=O) groups excluding carboxylic acids is 2. The van der Waals surface area contributed by atoms with Gasteiger partial charge in [0, 0.05) is 25.9 Å². The first-order valence-corrected chi connectivity index (χ1v) is 6.82. The van der Waals surface area contributed by atoms with E-state index in [-0.39, 0.29) is 18.2 Å². The summed E-state index contributed by atoms with van der Waals surface area (Å²) in [5.74, 6) is 0.699. The fourth-order valence-corrected chi connectivity index (χ4v) is 2.21. The Morgan fingerprint density at radius 3 is 2.68 bits per heavy atom. The van der Waals surface area contributed by atoms with Crippen LogP contribution in [0.15, 0.2) is 22.8 Å². The number of likely N-dealkylation sites (tertiary alicyclic amines) is 1. The van der Waals surface area contributed by atoms with Gasteiger partial charge in [-0.15, -0.1) is 0 Å². The van der Waals surface area contributed by atoms with Crippen molar-refractivity contribution in [1.82, 2.24) is 10.2 Å². The molecule has 1 aliphatic rings. The zero-order valence-corrected chi connectivity index (χ0v) is 11.1. The van der Waals surface area contributed by atoms with Crippen LogP contribution in [0, 0.1) is 0 Å². The van der Waals surface area contributed by atoms with E-state index in [9.17, 15) is 9.59 Å². The third-order valence-electron chi connectivity index (χ3n) is 3.31. The molecule has 0 aromatic carbocycles. The molecule has 1 aromatic rings. The van der Waals surface area contributed by atoms with Gasteiger partial charge in [-0.2, -0.15) is 0 Å². The molecule has 1 aromatic heterocycles. The lowest BCUT2D eigenvalue weighted by Crippen LogP contribution is -2.36. The van der Waals surface area contributed by atoms with Crippen molar-refractivity contribution in [3.63, 3.8) is 0 Å². The third kappa shape index (κ3) is 4.43.